The van der Waals surface area contributed by atoms with Crippen LogP contribution in [0.25, 0.3) is 0 Å². The summed E-state index contributed by atoms with van der Waals surface area (Å²) >= 11 is 2.89. The molecule has 2 saturated heterocycles. The summed E-state index contributed by atoms with van der Waals surface area (Å²) in [6.45, 7) is 7.31. The van der Waals surface area contributed by atoms with Gasteiger partial charge in [0.1, 0.15) is 4.88 Å². The third kappa shape index (κ3) is 11.3. The molecular formula is C27H35N7O10S3. The predicted molar refractivity (Wildman–Crippen MR) is 176 cm³/mol. The molecule has 17 nitrogen and oxygen atoms in total. The molecule has 0 radical (unpaired) electrons. The first-order chi connectivity index (χ1) is 22.4. The maximum absolute atomic E-state index is 12.1. The number of carboxylic acid groups (broad SMARTS) is 1. The lowest BCUT2D eigenvalue weighted by Crippen LogP contribution is -2.49. The Labute approximate surface area is 280 Å². The van der Waals surface area contributed by atoms with Crippen molar-refractivity contribution in [1.29, 1.82) is 0 Å². The molecule has 2 amide bonds. The zero-order chi connectivity index (χ0) is 34.5. The highest BCUT2D eigenvalue weighted by molar-refractivity contribution is 7.18. The number of amides is 2. The molecule has 0 aromatic carbocycles. The van der Waals surface area contributed by atoms with Crippen LogP contribution in [0.4, 0.5) is 15.0 Å². The standard InChI is InChI=1S/C11H15N3O4S.C11H17N3O2S.C5H3NO4S/c15-8-7-12-3-5-13(6-4-12)11(16)9-1-2-10(19-9)14(17)18;12-10-2-1-9(17-10)11(16)14-5-3-13(4-6-14)7-8-15;7-5(8)3-1-2-4(11-3)6(9)10/h1-2,15H,3-8H2;1-2,15H,3-8,12H2;1-2H,(H,7,8). The van der Waals surface area contributed by atoms with E-state index in [1.165, 1.54) is 35.6 Å². The summed E-state index contributed by atoms with van der Waals surface area (Å²) in [4.78, 5) is 62.9. The number of carboxylic acids is 1. The molecule has 47 heavy (non-hydrogen) atoms. The van der Waals surface area contributed by atoms with Gasteiger partial charge in [-0.05, 0) is 24.3 Å². The summed E-state index contributed by atoms with van der Waals surface area (Å²) < 4.78 is 0. The number of aliphatic hydroxyl groups is 2. The second kappa shape index (κ2) is 18.3. The minimum atomic E-state index is -1.14. The van der Waals surface area contributed by atoms with Gasteiger partial charge in [-0.1, -0.05) is 22.7 Å². The van der Waals surface area contributed by atoms with E-state index in [4.69, 9.17) is 21.1 Å². The van der Waals surface area contributed by atoms with Crippen molar-refractivity contribution in [3.63, 3.8) is 0 Å². The molecule has 0 unspecified atom stereocenters. The van der Waals surface area contributed by atoms with E-state index < -0.39 is 15.8 Å². The largest absolute Gasteiger partial charge is 0.477 e. The van der Waals surface area contributed by atoms with Crippen molar-refractivity contribution in [2.45, 2.75) is 0 Å². The first-order valence-corrected chi connectivity index (χ1v) is 16.7. The number of nitrogens with two attached hydrogens (primary N) is 1. The molecule has 0 bridgehead atoms. The van der Waals surface area contributed by atoms with Crippen LogP contribution in [0.5, 0.6) is 0 Å². The second-order valence-electron chi connectivity index (χ2n) is 10.0. The van der Waals surface area contributed by atoms with Gasteiger partial charge in [-0.2, -0.15) is 0 Å². The van der Waals surface area contributed by atoms with Crippen LogP contribution >= 0.6 is 34.0 Å². The quantitative estimate of drug-likeness (QED) is 0.183. The lowest BCUT2D eigenvalue weighted by Gasteiger charge is -2.34. The number of nitrogens with zero attached hydrogens (tertiary/aromatic N) is 6. The maximum atomic E-state index is 12.1. The van der Waals surface area contributed by atoms with E-state index in [2.05, 4.69) is 9.80 Å². The number of piperazine rings is 2. The molecule has 0 saturated carbocycles. The highest BCUT2D eigenvalue weighted by Gasteiger charge is 2.25. The van der Waals surface area contributed by atoms with E-state index in [1.807, 2.05) is 4.90 Å². The van der Waals surface area contributed by atoms with Gasteiger partial charge in [-0.15, -0.1) is 11.3 Å². The molecule has 0 spiro atoms. The van der Waals surface area contributed by atoms with Gasteiger partial charge in [0.2, 0.25) is 0 Å². The van der Waals surface area contributed by atoms with Crippen LogP contribution in [0.3, 0.4) is 0 Å². The average Bonchev–Trinajstić information content (AvgIpc) is 3.84. The summed E-state index contributed by atoms with van der Waals surface area (Å²) in [7, 11) is 0. The summed E-state index contributed by atoms with van der Waals surface area (Å²) in [5, 5.41) is 47.2. The van der Waals surface area contributed by atoms with Gasteiger partial charge in [-0.3, -0.25) is 39.6 Å². The van der Waals surface area contributed by atoms with Crippen LogP contribution < -0.4 is 5.73 Å². The molecule has 5 N–H and O–H groups in total. The summed E-state index contributed by atoms with van der Waals surface area (Å²) in [5.41, 5.74) is 5.62. The number of rotatable bonds is 9. The minimum Gasteiger partial charge on any atom is -0.477 e. The number of thiophene rings is 3. The van der Waals surface area contributed by atoms with E-state index in [0.29, 0.717) is 52.3 Å². The number of hydrogen-bond acceptors (Lipinski definition) is 15. The number of nitro groups is 2. The Hall–Kier alpha value is -4.05. The van der Waals surface area contributed by atoms with Gasteiger partial charge in [0.15, 0.2) is 0 Å². The zero-order valence-corrected chi connectivity index (χ0v) is 27.6. The van der Waals surface area contributed by atoms with Gasteiger partial charge in [0.05, 0.1) is 37.8 Å². The van der Waals surface area contributed by atoms with Crippen LogP contribution in [0.2, 0.25) is 0 Å². The third-order valence-corrected chi connectivity index (χ3v) is 9.91. The second-order valence-corrected chi connectivity index (χ2v) is 13.3. The van der Waals surface area contributed by atoms with Crippen LogP contribution in [-0.4, -0.2) is 141 Å². The van der Waals surface area contributed by atoms with Crippen LogP contribution in [0, 0.1) is 20.2 Å². The topological polar surface area (TPSA) is 237 Å². The Kier molecular flexibility index (Phi) is 14.6. The molecule has 5 heterocycles. The van der Waals surface area contributed by atoms with Gasteiger partial charge >= 0.3 is 16.0 Å². The predicted octanol–water partition coefficient (Wildman–Crippen LogP) is 1.84. The Morgan fingerprint density at radius 3 is 1.36 bits per heavy atom. The molecular weight excluding hydrogens is 679 g/mol. The number of anilines is 1. The van der Waals surface area contributed by atoms with E-state index in [0.717, 1.165) is 50.6 Å². The fourth-order valence-electron chi connectivity index (χ4n) is 4.49. The van der Waals surface area contributed by atoms with Crippen molar-refractivity contribution in [3.8, 4) is 0 Å². The Morgan fingerprint density at radius 2 is 1.04 bits per heavy atom. The minimum absolute atomic E-state index is 0.0118. The number of carbonyl (C=O) groups excluding carboxylic acids is 2. The molecule has 3 aromatic rings. The zero-order valence-electron chi connectivity index (χ0n) is 25.1. The van der Waals surface area contributed by atoms with Crippen molar-refractivity contribution in [3.05, 3.63) is 71.3 Å². The lowest BCUT2D eigenvalue weighted by atomic mass is 10.3. The lowest BCUT2D eigenvalue weighted by molar-refractivity contribution is -0.380. The molecule has 2 aliphatic rings. The number of nitrogen functional groups attached to an aromatic ring is 1. The van der Waals surface area contributed by atoms with Gasteiger partial charge < -0.3 is 30.9 Å². The normalized spacial score (nSPS) is 15.2. The van der Waals surface area contributed by atoms with Crippen molar-refractivity contribution in [2.75, 3.05) is 84.4 Å². The number of hydrogen-bond donors (Lipinski definition) is 4. The molecule has 5 rings (SSSR count). The van der Waals surface area contributed by atoms with Gasteiger partial charge in [0, 0.05) is 77.6 Å². The van der Waals surface area contributed by atoms with E-state index in [9.17, 15) is 34.6 Å². The number of carbonyl (C=O) groups is 3. The third-order valence-electron chi connectivity index (χ3n) is 6.95. The summed E-state index contributed by atoms with van der Waals surface area (Å²) in [5.74, 6) is -1.22. The first-order valence-electron chi connectivity index (χ1n) is 14.3. The van der Waals surface area contributed by atoms with E-state index in [-0.39, 0.29) is 39.9 Å². The summed E-state index contributed by atoms with van der Waals surface area (Å²) in [6, 6.07) is 8.80. The Bertz CT molecular complexity index is 1480. The number of aliphatic hydroxyl groups excluding tert-OH is 2. The SMILES string of the molecule is Nc1ccc(C(=O)N2CCN(CCO)CC2)s1.O=C(O)c1ccc([N+](=O)[O-])s1.O=C(c1ccc([N+](=O)[O-])s1)N1CCN(CCO)CC1. The maximum Gasteiger partial charge on any atom is 0.346 e. The van der Waals surface area contributed by atoms with Crippen molar-refractivity contribution in [1.82, 2.24) is 19.6 Å². The van der Waals surface area contributed by atoms with Crippen molar-refractivity contribution < 1.29 is 39.5 Å². The van der Waals surface area contributed by atoms with Gasteiger partial charge in [-0.25, -0.2) is 4.79 Å². The highest BCUT2D eigenvalue weighted by atomic mass is 32.1. The van der Waals surface area contributed by atoms with E-state index >= 15 is 0 Å². The number of β-amino-alcohol motifs (C(OH)–C–C–N with tert-alkyl or cyclic N) is 2. The number of aromatic carboxylic acids is 1. The highest BCUT2D eigenvalue weighted by Crippen LogP contribution is 2.26. The molecule has 3 aromatic heterocycles. The fourth-order valence-corrected chi connectivity index (χ4v) is 6.68. The van der Waals surface area contributed by atoms with E-state index in [1.54, 1.807) is 17.0 Å². The Balaban J connectivity index is 0.000000198. The summed E-state index contributed by atoms with van der Waals surface area (Å²) in [6.07, 6.45) is 0. The molecule has 2 aliphatic heterocycles. The molecule has 256 valence electrons. The molecule has 0 aliphatic carbocycles. The molecule has 0 atom stereocenters. The smallest absolute Gasteiger partial charge is 0.346 e. The fraction of sp³-hybridized carbons (Fsp3) is 0.444. The average molecular weight is 714 g/mol. The monoisotopic (exact) mass is 713 g/mol. The first kappa shape index (κ1) is 37.4. The molecule has 20 heteroatoms. The molecule has 2 fully saturated rings. The van der Waals surface area contributed by atoms with Crippen LogP contribution in [0.1, 0.15) is 29.0 Å². The van der Waals surface area contributed by atoms with Crippen molar-refractivity contribution >= 4 is 66.8 Å². The van der Waals surface area contributed by atoms with Crippen LogP contribution in [0.15, 0.2) is 36.4 Å². The van der Waals surface area contributed by atoms with Crippen molar-refractivity contribution in [2.24, 2.45) is 0 Å². The Morgan fingerprint density at radius 1 is 0.660 bits per heavy atom. The van der Waals surface area contributed by atoms with Crippen LogP contribution in [-0.2, 0) is 0 Å². The van der Waals surface area contributed by atoms with Gasteiger partial charge in [0.25, 0.3) is 11.8 Å².